The van der Waals surface area contributed by atoms with Gasteiger partial charge in [0.25, 0.3) is 0 Å². The third kappa shape index (κ3) is 5.31. The molecule has 3 rings (SSSR count). The molecule has 1 aliphatic heterocycles. The first-order valence-electron chi connectivity index (χ1n) is 9.25. The Bertz CT molecular complexity index is 610. The first-order chi connectivity index (χ1) is 12.3. The fourth-order valence-electron chi connectivity index (χ4n) is 3.80. The SMILES string of the molecule is COC(Cc1ccccc1)C1CCN(C(Cl)Cc2ccccc2)CC1. The van der Waals surface area contributed by atoms with E-state index in [-0.39, 0.29) is 5.50 Å². The van der Waals surface area contributed by atoms with Crippen LogP contribution in [0.25, 0.3) is 0 Å². The second-order valence-electron chi connectivity index (χ2n) is 6.96. The van der Waals surface area contributed by atoms with Gasteiger partial charge in [-0.25, -0.2) is 0 Å². The predicted molar refractivity (Wildman–Crippen MR) is 105 cm³/mol. The Hall–Kier alpha value is -1.35. The predicted octanol–water partition coefficient (Wildman–Crippen LogP) is 4.76. The van der Waals surface area contributed by atoms with Gasteiger partial charge in [0, 0.05) is 13.5 Å². The normalized spacial score (nSPS) is 18.8. The van der Waals surface area contributed by atoms with Crippen LogP contribution >= 0.6 is 11.6 Å². The summed E-state index contributed by atoms with van der Waals surface area (Å²) < 4.78 is 5.83. The maximum Gasteiger partial charge on any atom is 0.0891 e. The van der Waals surface area contributed by atoms with E-state index in [0.717, 1.165) is 38.8 Å². The second kappa shape index (κ2) is 9.38. The first-order valence-corrected chi connectivity index (χ1v) is 9.68. The van der Waals surface area contributed by atoms with Gasteiger partial charge in [-0.3, -0.25) is 4.90 Å². The van der Waals surface area contributed by atoms with E-state index in [9.17, 15) is 0 Å². The summed E-state index contributed by atoms with van der Waals surface area (Å²) in [4.78, 5) is 2.42. The maximum absolute atomic E-state index is 6.68. The van der Waals surface area contributed by atoms with E-state index in [1.165, 1.54) is 11.1 Å². The van der Waals surface area contributed by atoms with Crippen molar-refractivity contribution in [2.45, 2.75) is 37.3 Å². The van der Waals surface area contributed by atoms with Crippen molar-refractivity contribution in [1.82, 2.24) is 4.90 Å². The molecule has 0 aliphatic carbocycles. The number of nitrogens with zero attached hydrogens (tertiary/aromatic N) is 1. The molecule has 1 saturated heterocycles. The number of likely N-dealkylation sites (tertiary alicyclic amines) is 1. The van der Waals surface area contributed by atoms with Gasteiger partial charge >= 0.3 is 0 Å². The van der Waals surface area contributed by atoms with Gasteiger partial charge < -0.3 is 4.74 Å². The molecule has 1 fully saturated rings. The number of hydrogen-bond donors (Lipinski definition) is 0. The highest BCUT2D eigenvalue weighted by Gasteiger charge is 2.29. The largest absolute Gasteiger partial charge is 0.381 e. The van der Waals surface area contributed by atoms with Gasteiger partial charge in [0.15, 0.2) is 0 Å². The standard InChI is InChI=1S/C22H28ClNO/c1-25-21(16-18-8-4-2-5-9-18)20-12-14-24(15-13-20)22(23)17-19-10-6-3-7-11-19/h2-11,20-22H,12-17H2,1H3. The lowest BCUT2D eigenvalue weighted by atomic mass is 9.87. The first kappa shape index (κ1) is 18.4. The number of ether oxygens (including phenoxy) is 1. The van der Waals surface area contributed by atoms with Crippen LogP contribution in [0.5, 0.6) is 0 Å². The van der Waals surface area contributed by atoms with E-state index in [1.807, 2.05) is 7.11 Å². The Morgan fingerprint density at radius 1 is 0.920 bits per heavy atom. The average Bonchev–Trinajstić information content (AvgIpc) is 2.68. The summed E-state index contributed by atoms with van der Waals surface area (Å²) in [5.41, 5.74) is 2.75. The van der Waals surface area contributed by atoms with Crippen molar-refractivity contribution in [2.75, 3.05) is 20.2 Å². The molecular weight excluding hydrogens is 330 g/mol. The van der Waals surface area contributed by atoms with Gasteiger partial charge in [0.2, 0.25) is 0 Å². The molecule has 0 spiro atoms. The van der Waals surface area contributed by atoms with Gasteiger partial charge in [-0.05, 0) is 49.4 Å². The lowest BCUT2D eigenvalue weighted by molar-refractivity contribution is 0.0197. The molecule has 0 aromatic heterocycles. The third-order valence-corrected chi connectivity index (χ3v) is 5.76. The Labute approximate surface area is 156 Å². The number of methoxy groups -OCH3 is 1. The fourth-order valence-corrected chi connectivity index (χ4v) is 4.17. The summed E-state index contributed by atoms with van der Waals surface area (Å²) in [6, 6.07) is 21.2. The fraction of sp³-hybridized carbons (Fsp3) is 0.455. The van der Waals surface area contributed by atoms with Crippen LogP contribution in [0.3, 0.4) is 0 Å². The maximum atomic E-state index is 6.68. The summed E-state index contributed by atoms with van der Waals surface area (Å²) in [6.45, 7) is 2.11. The highest BCUT2D eigenvalue weighted by Crippen LogP contribution is 2.27. The molecule has 0 amide bonds. The molecule has 0 bridgehead atoms. The minimum Gasteiger partial charge on any atom is -0.381 e. The number of rotatable bonds is 7. The van der Waals surface area contributed by atoms with E-state index in [1.54, 1.807) is 0 Å². The number of halogens is 1. The Morgan fingerprint density at radius 2 is 1.44 bits per heavy atom. The van der Waals surface area contributed by atoms with Crippen molar-refractivity contribution in [3.63, 3.8) is 0 Å². The van der Waals surface area contributed by atoms with Gasteiger partial charge in [-0.15, -0.1) is 11.6 Å². The van der Waals surface area contributed by atoms with Crippen molar-refractivity contribution in [2.24, 2.45) is 5.92 Å². The lowest BCUT2D eigenvalue weighted by Crippen LogP contribution is -2.43. The van der Waals surface area contributed by atoms with Crippen molar-refractivity contribution in [3.05, 3.63) is 71.8 Å². The highest BCUT2D eigenvalue weighted by molar-refractivity contribution is 6.20. The average molecular weight is 358 g/mol. The van der Waals surface area contributed by atoms with Crippen LogP contribution in [-0.4, -0.2) is 36.7 Å². The molecule has 25 heavy (non-hydrogen) atoms. The number of alkyl halides is 1. The zero-order valence-corrected chi connectivity index (χ0v) is 15.7. The van der Waals surface area contributed by atoms with Crippen molar-refractivity contribution >= 4 is 11.6 Å². The van der Waals surface area contributed by atoms with E-state index >= 15 is 0 Å². The van der Waals surface area contributed by atoms with E-state index in [2.05, 4.69) is 65.6 Å². The Kier molecular flexibility index (Phi) is 6.92. The third-order valence-electron chi connectivity index (χ3n) is 5.33. The molecule has 2 atom stereocenters. The second-order valence-corrected chi connectivity index (χ2v) is 7.47. The molecule has 0 saturated carbocycles. The van der Waals surface area contributed by atoms with Crippen LogP contribution in [-0.2, 0) is 17.6 Å². The molecule has 0 radical (unpaired) electrons. The number of hydrogen-bond acceptors (Lipinski definition) is 2. The van der Waals surface area contributed by atoms with Gasteiger partial charge in [-0.2, -0.15) is 0 Å². The molecule has 1 aliphatic rings. The van der Waals surface area contributed by atoms with E-state index < -0.39 is 0 Å². The summed E-state index contributed by atoms with van der Waals surface area (Å²) in [5.74, 6) is 0.613. The van der Waals surface area contributed by atoms with Crippen molar-refractivity contribution in [1.29, 1.82) is 0 Å². The van der Waals surface area contributed by atoms with Crippen LogP contribution in [0.2, 0.25) is 0 Å². The molecule has 2 aromatic rings. The lowest BCUT2D eigenvalue weighted by Gasteiger charge is -2.37. The van der Waals surface area contributed by atoms with Crippen LogP contribution < -0.4 is 0 Å². The van der Waals surface area contributed by atoms with Crippen LogP contribution in [0.1, 0.15) is 24.0 Å². The van der Waals surface area contributed by atoms with Crippen LogP contribution in [0, 0.1) is 5.92 Å². The summed E-state index contributed by atoms with van der Waals surface area (Å²) in [5, 5.41) is 0. The minimum absolute atomic E-state index is 0.0819. The quantitative estimate of drug-likeness (QED) is 0.523. The Morgan fingerprint density at radius 3 is 1.96 bits per heavy atom. The molecule has 0 N–H and O–H groups in total. The van der Waals surface area contributed by atoms with Crippen molar-refractivity contribution in [3.8, 4) is 0 Å². The molecule has 1 heterocycles. The summed E-state index contributed by atoms with van der Waals surface area (Å²) in [6.07, 6.45) is 4.51. The molecule has 2 nitrogen and oxygen atoms in total. The smallest absolute Gasteiger partial charge is 0.0891 e. The van der Waals surface area contributed by atoms with Gasteiger partial charge in [-0.1, -0.05) is 60.7 Å². The summed E-state index contributed by atoms with van der Waals surface area (Å²) >= 11 is 6.68. The van der Waals surface area contributed by atoms with Crippen molar-refractivity contribution < 1.29 is 4.74 Å². The zero-order chi connectivity index (χ0) is 17.5. The number of piperidine rings is 1. The molecule has 134 valence electrons. The summed E-state index contributed by atoms with van der Waals surface area (Å²) in [7, 11) is 1.85. The Balaban J connectivity index is 1.50. The topological polar surface area (TPSA) is 12.5 Å². The van der Waals surface area contributed by atoms with Crippen LogP contribution in [0.4, 0.5) is 0 Å². The van der Waals surface area contributed by atoms with E-state index in [0.29, 0.717) is 12.0 Å². The molecule has 3 heteroatoms. The molecule has 2 unspecified atom stereocenters. The zero-order valence-electron chi connectivity index (χ0n) is 15.0. The molecular formula is C22H28ClNO. The van der Waals surface area contributed by atoms with Gasteiger partial charge in [0.1, 0.15) is 0 Å². The monoisotopic (exact) mass is 357 g/mol. The molecule has 2 aromatic carbocycles. The van der Waals surface area contributed by atoms with Gasteiger partial charge in [0.05, 0.1) is 11.6 Å². The minimum atomic E-state index is 0.0819. The highest BCUT2D eigenvalue weighted by atomic mass is 35.5. The van der Waals surface area contributed by atoms with Crippen LogP contribution in [0.15, 0.2) is 60.7 Å². The van der Waals surface area contributed by atoms with E-state index in [4.69, 9.17) is 16.3 Å². The number of benzene rings is 2.